The second-order valence-corrected chi connectivity index (χ2v) is 16.1. The zero-order chi connectivity index (χ0) is 33.8. The molecule has 2 aliphatic heterocycles. The molecule has 0 unspecified atom stereocenters. The number of aliphatic hydroxyl groups excluding tert-OH is 1. The van der Waals surface area contributed by atoms with E-state index in [-0.39, 0.29) is 58.5 Å². The number of nitrogens with zero attached hydrogens (tertiary/aromatic N) is 2. The number of sulfone groups is 1. The Labute approximate surface area is 284 Å². The van der Waals surface area contributed by atoms with Crippen molar-refractivity contribution in [3.05, 3.63) is 98.3 Å². The van der Waals surface area contributed by atoms with E-state index in [1.807, 2.05) is 0 Å². The number of aliphatic hydroxyl groups is 2. The van der Waals surface area contributed by atoms with E-state index in [0.29, 0.717) is 36.5 Å². The van der Waals surface area contributed by atoms with Gasteiger partial charge in [0, 0.05) is 60.0 Å². The van der Waals surface area contributed by atoms with Gasteiger partial charge in [-0.15, -0.1) is 0 Å². The standard InChI is InChI=1S/C34H38Cl2FN3O6S/c1-32(43,19-39-13-11-38-12-14-39)24-15-27-30(28(37)16-24)34(23-4-7-25(35)8-5-23,46-21-33(20-41)9-10-33)40(31(27)42)18-22-3-6-26(36)17-29(22)47(2,44)45/h3-8,15-17,38,41,43H,9-14,18-21H2,1-2H3/t32-,34-/m1/s1. The Morgan fingerprint density at radius 1 is 1.04 bits per heavy atom. The van der Waals surface area contributed by atoms with Gasteiger partial charge in [0.2, 0.25) is 0 Å². The van der Waals surface area contributed by atoms with Crippen LogP contribution in [0.3, 0.4) is 0 Å². The Bertz CT molecular complexity index is 1800. The number of piperazine rings is 1. The normalized spacial score (nSPS) is 22.3. The van der Waals surface area contributed by atoms with Gasteiger partial charge in [-0.2, -0.15) is 0 Å². The van der Waals surface area contributed by atoms with E-state index in [1.165, 1.54) is 35.2 Å². The maximum Gasteiger partial charge on any atom is 0.257 e. The van der Waals surface area contributed by atoms with Crippen molar-refractivity contribution in [2.75, 3.05) is 52.2 Å². The number of hydrogen-bond acceptors (Lipinski definition) is 8. The largest absolute Gasteiger partial charge is 0.396 e. The molecule has 1 aliphatic carbocycles. The Morgan fingerprint density at radius 3 is 2.32 bits per heavy atom. The summed E-state index contributed by atoms with van der Waals surface area (Å²) in [6.07, 6.45) is 2.43. The fraction of sp³-hybridized carbons (Fsp3) is 0.441. The fourth-order valence-corrected chi connectivity index (χ4v) is 7.91. The molecule has 3 N–H and O–H groups in total. The van der Waals surface area contributed by atoms with Crippen molar-refractivity contribution in [2.24, 2.45) is 5.41 Å². The van der Waals surface area contributed by atoms with E-state index in [4.69, 9.17) is 27.9 Å². The number of amides is 1. The highest BCUT2D eigenvalue weighted by Gasteiger charge is 2.57. The third-order valence-electron chi connectivity index (χ3n) is 9.52. The van der Waals surface area contributed by atoms with Crippen LogP contribution >= 0.6 is 23.2 Å². The first-order chi connectivity index (χ1) is 22.2. The van der Waals surface area contributed by atoms with Crippen LogP contribution in [-0.2, 0) is 32.4 Å². The van der Waals surface area contributed by atoms with Crippen molar-refractivity contribution in [1.29, 1.82) is 0 Å². The van der Waals surface area contributed by atoms with Crippen molar-refractivity contribution < 1.29 is 32.6 Å². The van der Waals surface area contributed by atoms with Crippen LogP contribution in [0.15, 0.2) is 59.5 Å². The maximum absolute atomic E-state index is 16.9. The number of nitrogens with one attached hydrogen (secondary N) is 1. The van der Waals surface area contributed by atoms with Gasteiger partial charge in [0.15, 0.2) is 15.6 Å². The third-order valence-corrected chi connectivity index (χ3v) is 11.2. The molecule has 252 valence electrons. The third kappa shape index (κ3) is 6.57. The molecule has 2 atom stereocenters. The summed E-state index contributed by atoms with van der Waals surface area (Å²) in [4.78, 5) is 18.0. The molecule has 0 radical (unpaired) electrons. The molecule has 47 heavy (non-hydrogen) atoms. The number of benzene rings is 3. The van der Waals surface area contributed by atoms with Gasteiger partial charge in [-0.3, -0.25) is 14.6 Å². The van der Waals surface area contributed by atoms with Gasteiger partial charge in [0.05, 0.1) is 41.4 Å². The van der Waals surface area contributed by atoms with E-state index in [0.717, 1.165) is 19.3 Å². The highest BCUT2D eigenvalue weighted by molar-refractivity contribution is 7.90. The lowest BCUT2D eigenvalue weighted by Gasteiger charge is -2.41. The number of hydrogen-bond donors (Lipinski definition) is 3. The van der Waals surface area contributed by atoms with Crippen LogP contribution in [-0.4, -0.2) is 86.5 Å². The molecule has 13 heteroatoms. The second-order valence-electron chi connectivity index (χ2n) is 13.2. The SMILES string of the molecule is C[C@@](O)(CN1CCNCC1)c1cc(F)c2c(c1)C(=O)N(Cc1ccc(Cl)cc1S(C)(=O)=O)[C@@]2(OCC1(CO)CC1)c1ccc(Cl)cc1. The van der Waals surface area contributed by atoms with Gasteiger partial charge >= 0.3 is 0 Å². The topological polar surface area (TPSA) is 119 Å². The summed E-state index contributed by atoms with van der Waals surface area (Å²) in [5.41, 5.74) is -3.13. The molecule has 0 aromatic heterocycles. The smallest absolute Gasteiger partial charge is 0.257 e. The number of rotatable bonds is 11. The molecule has 0 bridgehead atoms. The lowest BCUT2D eigenvalue weighted by atomic mass is 9.87. The van der Waals surface area contributed by atoms with Crippen molar-refractivity contribution in [1.82, 2.24) is 15.1 Å². The van der Waals surface area contributed by atoms with Crippen molar-refractivity contribution in [2.45, 2.75) is 42.5 Å². The summed E-state index contributed by atoms with van der Waals surface area (Å²) >= 11 is 12.5. The van der Waals surface area contributed by atoms with Crippen molar-refractivity contribution >= 4 is 38.9 Å². The molecule has 6 rings (SSSR count). The molecule has 2 fully saturated rings. The Hall–Kier alpha value is -2.61. The van der Waals surface area contributed by atoms with E-state index in [9.17, 15) is 23.4 Å². The van der Waals surface area contributed by atoms with Crippen LogP contribution in [0.4, 0.5) is 4.39 Å². The minimum Gasteiger partial charge on any atom is -0.396 e. The molecule has 1 amide bonds. The lowest BCUT2D eigenvalue weighted by molar-refractivity contribution is -0.130. The molecule has 2 heterocycles. The van der Waals surface area contributed by atoms with E-state index < -0.39 is 38.3 Å². The Balaban J connectivity index is 1.54. The number of fused-ring (bicyclic) bond motifs is 1. The highest BCUT2D eigenvalue weighted by Crippen LogP contribution is 2.52. The summed E-state index contributed by atoms with van der Waals surface area (Å²) in [5, 5.41) is 25.7. The zero-order valence-corrected chi connectivity index (χ0v) is 28.6. The van der Waals surface area contributed by atoms with Crippen LogP contribution < -0.4 is 5.32 Å². The van der Waals surface area contributed by atoms with Gasteiger partial charge < -0.3 is 20.3 Å². The van der Waals surface area contributed by atoms with E-state index in [1.54, 1.807) is 31.2 Å². The van der Waals surface area contributed by atoms with Crippen LogP contribution in [0.5, 0.6) is 0 Å². The Morgan fingerprint density at radius 2 is 1.70 bits per heavy atom. The van der Waals surface area contributed by atoms with Gasteiger partial charge in [0.1, 0.15) is 5.82 Å². The molecule has 3 aliphatic rings. The van der Waals surface area contributed by atoms with Gasteiger partial charge in [0.25, 0.3) is 5.91 Å². The average molecular weight is 707 g/mol. The Kier molecular flexibility index (Phi) is 9.25. The molecular weight excluding hydrogens is 668 g/mol. The number of ether oxygens (including phenoxy) is 1. The molecule has 3 aromatic rings. The zero-order valence-electron chi connectivity index (χ0n) is 26.2. The molecule has 3 aromatic carbocycles. The molecule has 1 saturated carbocycles. The van der Waals surface area contributed by atoms with Gasteiger partial charge in [-0.05, 0) is 67.3 Å². The molecule has 9 nitrogen and oxygen atoms in total. The first-order valence-corrected chi connectivity index (χ1v) is 18.2. The summed E-state index contributed by atoms with van der Waals surface area (Å²) in [6, 6.07) is 13.6. The van der Waals surface area contributed by atoms with Gasteiger partial charge in [-0.1, -0.05) is 41.4 Å². The van der Waals surface area contributed by atoms with Gasteiger partial charge in [-0.25, -0.2) is 12.8 Å². The minimum absolute atomic E-state index is 0.00317. The van der Waals surface area contributed by atoms with Crippen LogP contribution in [0.2, 0.25) is 10.0 Å². The summed E-state index contributed by atoms with van der Waals surface area (Å²) in [7, 11) is -3.80. The molecule has 1 saturated heterocycles. The second kappa shape index (κ2) is 12.7. The predicted molar refractivity (Wildman–Crippen MR) is 177 cm³/mol. The number of halogens is 3. The lowest BCUT2D eigenvalue weighted by Crippen LogP contribution is -2.48. The first-order valence-electron chi connectivity index (χ1n) is 15.5. The quantitative estimate of drug-likeness (QED) is 0.271. The summed E-state index contributed by atoms with van der Waals surface area (Å²) < 4.78 is 49.4. The van der Waals surface area contributed by atoms with Crippen molar-refractivity contribution in [3.63, 3.8) is 0 Å². The van der Waals surface area contributed by atoms with Crippen LogP contribution in [0.1, 0.15) is 52.4 Å². The fourth-order valence-electron chi connectivity index (χ4n) is 6.60. The predicted octanol–water partition coefficient (Wildman–Crippen LogP) is 4.29. The number of β-amino-alcohol motifs (C(OH)–C–C–N with tert-alkyl or cyclic N) is 1. The minimum atomic E-state index is -3.80. The average Bonchev–Trinajstić information content (AvgIpc) is 3.77. The maximum atomic E-state index is 16.9. The summed E-state index contributed by atoms with van der Waals surface area (Å²) in [6.45, 7) is 4.32. The number of carbonyl (C=O) groups excluding carboxylic acids is 1. The van der Waals surface area contributed by atoms with Crippen LogP contribution in [0.25, 0.3) is 0 Å². The molecular formula is C34H38Cl2FN3O6S. The summed E-state index contributed by atoms with van der Waals surface area (Å²) in [5.74, 6) is -1.38. The molecule has 0 spiro atoms. The van der Waals surface area contributed by atoms with E-state index in [2.05, 4.69) is 10.2 Å². The van der Waals surface area contributed by atoms with Crippen LogP contribution in [0, 0.1) is 11.2 Å². The monoisotopic (exact) mass is 705 g/mol. The number of carbonyl (C=O) groups is 1. The van der Waals surface area contributed by atoms with E-state index >= 15 is 4.39 Å². The first kappa shape index (κ1) is 34.3. The van der Waals surface area contributed by atoms with Crippen molar-refractivity contribution in [3.8, 4) is 0 Å². The highest BCUT2D eigenvalue weighted by atomic mass is 35.5.